The van der Waals surface area contributed by atoms with Crippen molar-refractivity contribution in [2.24, 2.45) is 0 Å². The van der Waals surface area contributed by atoms with E-state index in [0.717, 1.165) is 6.07 Å². The highest BCUT2D eigenvalue weighted by atomic mass is 19.1. The minimum Gasteiger partial charge on any atom is -0.334 e. The Morgan fingerprint density at radius 1 is 1.50 bits per heavy atom. The first-order valence-corrected chi connectivity index (χ1v) is 4.85. The molecule has 0 radical (unpaired) electrons. The lowest BCUT2D eigenvalue weighted by Gasteiger charge is -2.17. The summed E-state index contributed by atoms with van der Waals surface area (Å²) < 4.78 is 13.2. The van der Waals surface area contributed by atoms with Gasteiger partial charge in [0.25, 0.3) is 5.91 Å². The highest BCUT2D eigenvalue weighted by molar-refractivity contribution is 5.94. The Labute approximate surface area is 93.9 Å². The van der Waals surface area contributed by atoms with Crippen molar-refractivity contribution in [3.05, 3.63) is 35.1 Å². The predicted octanol–water partition coefficient (Wildman–Crippen LogP) is 2.17. The van der Waals surface area contributed by atoms with Crippen LogP contribution < -0.4 is 5.32 Å². The molecule has 0 saturated heterocycles. The smallest absolute Gasteiger partial charge is 0.252 e. The molecule has 0 bridgehead atoms. The lowest BCUT2D eigenvalue weighted by molar-refractivity contribution is 0.0929. The SMILES string of the molecule is Cc1ccc(C(=O)NC(C)(C)C#N)cc1F. The van der Waals surface area contributed by atoms with Crippen LogP contribution in [0.15, 0.2) is 18.2 Å². The molecule has 1 N–H and O–H groups in total. The number of nitrogens with zero attached hydrogens (tertiary/aromatic N) is 1. The fourth-order valence-electron chi connectivity index (χ4n) is 1.12. The lowest BCUT2D eigenvalue weighted by atomic mass is 10.1. The largest absolute Gasteiger partial charge is 0.334 e. The molecule has 4 heteroatoms. The molecular weight excluding hydrogens is 207 g/mol. The number of benzene rings is 1. The van der Waals surface area contributed by atoms with Gasteiger partial charge in [0.2, 0.25) is 0 Å². The van der Waals surface area contributed by atoms with Crippen molar-refractivity contribution < 1.29 is 9.18 Å². The highest BCUT2D eigenvalue weighted by Crippen LogP contribution is 2.10. The molecule has 0 aliphatic heterocycles. The third-order valence-corrected chi connectivity index (χ3v) is 2.14. The number of aryl methyl sites for hydroxylation is 1. The van der Waals surface area contributed by atoms with Crippen LogP contribution in [0.25, 0.3) is 0 Å². The Morgan fingerprint density at radius 2 is 2.12 bits per heavy atom. The van der Waals surface area contributed by atoms with E-state index in [-0.39, 0.29) is 5.56 Å². The molecule has 1 aromatic carbocycles. The van der Waals surface area contributed by atoms with Crippen LogP contribution in [0.5, 0.6) is 0 Å². The number of rotatable bonds is 2. The van der Waals surface area contributed by atoms with E-state index in [1.165, 1.54) is 12.1 Å². The van der Waals surface area contributed by atoms with Gasteiger partial charge < -0.3 is 5.32 Å². The third kappa shape index (κ3) is 2.80. The van der Waals surface area contributed by atoms with Crippen LogP contribution in [0.3, 0.4) is 0 Å². The quantitative estimate of drug-likeness (QED) is 0.830. The molecular formula is C12H13FN2O. The molecule has 0 atom stereocenters. The summed E-state index contributed by atoms with van der Waals surface area (Å²) in [5.74, 6) is -0.882. The molecule has 84 valence electrons. The van der Waals surface area contributed by atoms with Crippen LogP contribution in [0.4, 0.5) is 4.39 Å². The van der Waals surface area contributed by atoms with Gasteiger partial charge in [-0.25, -0.2) is 4.39 Å². The fourth-order valence-corrected chi connectivity index (χ4v) is 1.12. The Kier molecular flexibility index (Phi) is 3.28. The van der Waals surface area contributed by atoms with Gasteiger partial charge in [0, 0.05) is 5.56 Å². The number of carbonyl (C=O) groups is 1. The van der Waals surface area contributed by atoms with Gasteiger partial charge in [-0.1, -0.05) is 6.07 Å². The van der Waals surface area contributed by atoms with Crippen LogP contribution >= 0.6 is 0 Å². The third-order valence-electron chi connectivity index (χ3n) is 2.14. The van der Waals surface area contributed by atoms with Gasteiger partial charge >= 0.3 is 0 Å². The molecule has 1 rings (SSSR count). The zero-order chi connectivity index (χ0) is 12.3. The highest BCUT2D eigenvalue weighted by Gasteiger charge is 2.20. The number of nitrogens with one attached hydrogen (secondary N) is 1. The summed E-state index contributed by atoms with van der Waals surface area (Å²) in [6, 6.07) is 6.17. The minimum absolute atomic E-state index is 0.214. The number of halogens is 1. The van der Waals surface area contributed by atoms with Gasteiger partial charge in [-0.05, 0) is 38.5 Å². The number of hydrogen-bond acceptors (Lipinski definition) is 2. The lowest BCUT2D eigenvalue weighted by Crippen LogP contribution is -2.42. The summed E-state index contributed by atoms with van der Waals surface area (Å²) in [7, 11) is 0. The van der Waals surface area contributed by atoms with E-state index in [9.17, 15) is 9.18 Å². The van der Waals surface area contributed by atoms with Crippen LogP contribution in [0.2, 0.25) is 0 Å². The van der Waals surface area contributed by atoms with Gasteiger partial charge in [-0.3, -0.25) is 4.79 Å². The standard InChI is InChI=1S/C12H13FN2O/c1-8-4-5-9(6-10(8)13)11(16)15-12(2,3)7-14/h4-6H,1-3H3,(H,15,16). The van der Waals surface area contributed by atoms with Crippen molar-refractivity contribution >= 4 is 5.91 Å². The molecule has 0 heterocycles. The summed E-state index contributed by atoms with van der Waals surface area (Å²) >= 11 is 0. The number of hydrogen-bond donors (Lipinski definition) is 1. The molecule has 0 aromatic heterocycles. The van der Waals surface area contributed by atoms with E-state index in [1.807, 2.05) is 6.07 Å². The van der Waals surface area contributed by atoms with Crippen LogP contribution in [-0.4, -0.2) is 11.4 Å². The Morgan fingerprint density at radius 3 is 2.62 bits per heavy atom. The predicted molar refractivity (Wildman–Crippen MR) is 58.3 cm³/mol. The molecule has 0 aliphatic rings. The second kappa shape index (κ2) is 4.31. The molecule has 16 heavy (non-hydrogen) atoms. The number of carbonyl (C=O) groups excluding carboxylic acids is 1. The maximum atomic E-state index is 13.2. The topological polar surface area (TPSA) is 52.9 Å². The van der Waals surface area contributed by atoms with Crippen LogP contribution in [0.1, 0.15) is 29.8 Å². The molecule has 3 nitrogen and oxygen atoms in total. The van der Waals surface area contributed by atoms with E-state index >= 15 is 0 Å². The van der Waals surface area contributed by atoms with E-state index in [1.54, 1.807) is 20.8 Å². The van der Waals surface area contributed by atoms with E-state index < -0.39 is 17.3 Å². The molecule has 0 fully saturated rings. The minimum atomic E-state index is -0.960. The van der Waals surface area contributed by atoms with Crippen molar-refractivity contribution in [2.75, 3.05) is 0 Å². The van der Waals surface area contributed by atoms with Crippen molar-refractivity contribution in [1.82, 2.24) is 5.32 Å². The first-order valence-electron chi connectivity index (χ1n) is 4.85. The molecule has 0 saturated carbocycles. The molecule has 0 spiro atoms. The maximum absolute atomic E-state index is 13.2. The normalized spacial score (nSPS) is 10.7. The first kappa shape index (κ1) is 12.2. The average Bonchev–Trinajstić information content (AvgIpc) is 2.21. The van der Waals surface area contributed by atoms with E-state index in [4.69, 9.17) is 5.26 Å². The second-order valence-electron chi connectivity index (χ2n) is 4.15. The Balaban J connectivity index is 2.91. The van der Waals surface area contributed by atoms with Gasteiger partial charge in [0.1, 0.15) is 11.4 Å². The van der Waals surface area contributed by atoms with Crippen molar-refractivity contribution in [2.45, 2.75) is 26.3 Å². The average molecular weight is 220 g/mol. The van der Waals surface area contributed by atoms with E-state index in [2.05, 4.69) is 5.32 Å². The number of nitriles is 1. The molecule has 1 aromatic rings. The van der Waals surface area contributed by atoms with Crippen LogP contribution in [0, 0.1) is 24.1 Å². The summed E-state index contributed by atoms with van der Waals surface area (Å²) in [6.07, 6.45) is 0. The van der Waals surface area contributed by atoms with Crippen molar-refractivity contribution in [1.29, 1.82) is 5.26 Å². The van der Waals surface area contributed by atoms with Gasteiger partial charge in [0.05, 0.1) is 6.07 Å². The summed E-state index contributed by atoms with van der Waals surface area (Å²) in [5, 5.41) is 11.3. The summed E-state index contributed by atoms with van der Waals surface area (Å²) in [4.78, 5) is 11.7. The monoisotopic (exact) mass is 220 g/mol. The first-order chi connectivity index (χ1) is 7.35. The van der Waals surface area contributed by atoms with Gasteiger partial charge in [-0.2, -0.15) is 5.26 Å². The fraction of sp³-hybridized carbons (Fsp3) is 0.333. The van der Waals surface area contributed by atoms with Crippen molar-refractivity contribution in [3.8, 4) is 6.07 Å². The zero-order valence-electron chi connectivity index (χ0n) is 9.47. The number of amides is 1. The summed E-state index contributed by atoms with van der Waals surface area (Å²) in [6.45, 7) is 4.78. The van der Waals surface area contributed by atoms with Gasteiger partial charge in [-0.15, -0.1) is 0 Å². The van der Waals surface area contributed by atoms with Crippen molar-refractivity contribution in [3.63, 3.8) is 0 Å². The van der Waals surface area contributed by atoms with Gasteiger partial charge in [0.15, 0.2) is 0 Å². The molecule has 0 unspecified atom stereocenters. The Bertz CT molecular complexity index is 461. The maximum Gasteiger partial charge on any atom is 0.252 e. The van der Waals surface area contributed by atoms with Crippen LogP contribution in [-0.2, 0) is 0 Å². The van der Waals surface area contributed by atoms with E-state index in [0.29, 0.717) is 5.56 Å². The molecule has 1 amide bonds. The molecule has 0 aliphatic carbocycles. The Hall–Kier alpha value is -1.89. The summed E-state index contributed by atoms with van der Waals surface area (Å²) in [5.41, 5.74) is -0.263. The second-order valence-corrected chi connectivity index (χ2v) is 4.15. The zero-order valence-corrected chi connectivity index (χ0v) is 9.47.